The largest absolute Gasteiger partial charge is 0.354 e. The second-order valence-corrected chi connectivity index (χ2v) is 9.26. The summed E-state index contributed by atoms with van der Waals surface area (Å²) < 4.78 is 1.93. The minimum absolute atomic E-state index is 0.0343. The van der Waals surface area contributed by atoms with Gasteiger partial charge in [-0.05, 0) is 43.5 Å². The van der Waals surface area contributed by atoms with E-state index < -0.39 is 0 Å². The van der Waals surface area contributed by atoms with Gasteiger partial charge in [-0.15, -0.1) is 0 Å². The van der Waals surface area contributed by atoms with Gasteiger partial charge in [-0.1, -0.05) is 38.2 Å². The van der Waals surface area contributed by atoms with E-state index >= 15 is 0 Å². The molecule has 6 nitrogen and oxygen atoms in total. The molecule has 1 saturated carbocycles. The Balaban J connectivity index is 1.28. The van der Waals surface area contributed by atoms with Gasteiger partial charge in [-0.3, -0.25) is 9.59 Å². The van der Waals surface area contributed by atoms with E-state index in [0.717, 1.165) is 44.6 Å². The molecule has 7 heteroatoms. The Labute approximate surface area is 178 Å². The molecule has 29 heavy (non-hydrogen) atoms. The zero-order valence-electron chi connectivity index (χ0n) is 17.1. The normalized spacial score (nSPS) is 24.8. The molecule has 2 fully saturated rings. The molecule has 4 rings (SSSR count). The van der Waals surface area contributed by atoms with Crippen molar-refractivity contribution in [2.75, 3.05) is 19.6 Å². The number of carbonyl (C=O) groups excluding carboxylic acids is 1. The molecule has 0 spiro atoms. The first-order valence-electron chi connectivity index (χ1n) is 11.1. The van der Waals surface area contributed by atoms with Crippen LogP contribution < -0.4 is 16.2 Å². The number of hydrogen-bond acceptors (Lipinski definition) is 3. The highest BCUT2D eigenvalue weighted by Crippen LogP contribution is 2.34. The first-order valence-corrected chi connectivity index (χ1v) is 11.5. The standard InChI is InChI=1S/C22H32N4O2S/c27-20(24-18-7-4-2-1-3-5-8-18)12-23-22(29)25-13-16-11-17(15-25)19-9-6-10-21(28)26(19)14-16/h6,9-10,16-18H,1-5,7-8,11-15H2,(H,23,29)(H,24,27)/t16-,17+/m1/s1. The Bertz CT molecular complexity index is 800. The smallest absolute Gasteiger partial charge is 0.250 e. The summed E-state index contributed by atoms with van der Waals surface area (Å²) in [6.45, 7) is 2.63. The number of likely N-dealkylation sites (tertiary alicyclic amines) is 1. The van der Waals surface area contributed by atoms with Gasteiger partial charge in [-0.2, -0.15) is 0 Å². The van der Waals surface area contributed by atoms with Crippen LogP contribution in [0.4, 0.5) is 0 Å². The molecule has 0 radical (unpaired) electrons. The van der Waals surface area contributed by atoms with Crippen molar-refractivity contribution in [1.82, 2.24) is 20.1 Å². The van der Waals surface area contributed by atoms with E-state index in [1.54, 1.807) is 6.07 Å². The van der Waals surface area contributed by atoms with Gasteiger partial charge in [0.2, 0.25) is 5.91 Å². The summed E-state index contributed by atoms with van der Waals surface area (Å²) in [7, 11) is 0. The molecule has 2 atom stereocenters. The summed E-state index contributed by atoms with van der Waals surface area (Å²) >= 11 is 5.60. The molecule has 158 valence electrons. The Kier molecular flexibility index (Phi) is 6.53. The summed E-state index contributed by atoms with van der Waals surface area (Å²) in [5, 5.41) is 7.01. The van der Waals surface area contributed by atoms with Crippen LogP contribution in [0.15, 0.2) is 23.0 Å². The average Bonchev–Trinajstić information content (AvgIpc) is 2.69. The number of carbonyl (C=O) groups is 1. The van der Waals surface area contributed by atoms with Crippen LogP contribution in [0.3, 0.4) is 0 Å². The van der Waals surface area contributed by atoms with E-state index in [9.17, 15) is 9.59 Å². The van der Waals surface area contributed by atoms with E-state index in [0.29, 0.717) is 23.0 Å². The van der Waals surface area contributed by atoms with Crippen molar-refractivity contribution in [2.24, 2.45) is 5.92 Å². The number of pyridine rings is 1. The maximum Gasteiger partial charge on any atom is 0.250 e. The van der Waals surface area contributed by atoms with Crippen LogP contribution in [0, 0.1) is 5.92 Å². The number of hydrogen-bond donors (Lipinski definition) is 2. The van der Waals surface area contributed by atoms with Gasteiger partial charge in [0, 0.05) is 43.4 Å². The number of thiocarbonyl (C=S) groups is 1. The van der Waals surface area contributed by atoms with Crippen molar-refractivity contribution in [3.05, 3.63) is 34.2 Å². The SMILES string of the molecule is O=C(CNC(=S)N1C[C@H]2C[C@@H](C1)c1cccc(=O)n1C2)NC1CCCCCCC1. The van der Waals surface area contributed by atoms with E-state index in [2.05, 4.69) is 21.6 Å². The van der Waals surface area contributed by atoms with Crippen molar-refractivity contribution < 1.29 is 4.79 Å². The van der Waals surface area contributed by atoms with Crippen molar-refractivity contribution in [3.63, 3.8) is 0 Å². The Hall–Kier alpha value is -1.89. The molecular formula is C22H32N4O2S. The number of piperidine rings is 1. The lowest BCUT2D eigenvalue weighted by Crippen LogP contribution is -2.53. The molecule has 1 aromatic heterocycles. The van der Waals surface area contributed by atoms with Crippen LogP contribution in [0.5, 0.6) is 0 Å². The molecule has 1 saturated heterocycles. The van der Waals surface area contributed by atoms with Crippen LogP contribution in [-0.2, 0) is 11.3 Å². The van der Waals surface area contributed by atoms with Gasteiger partial charge in [0.15, 0.2) is 5.11 Å². The fourth-order valence-electron chi connectivity index (χ4n) is 5.21. The molecule has 2 bridgehead atoms. The van der Waals surface area contributed by atoms with Crippen molar-refractivity contribution in [1.29, 1.82) is 0 Å². The fourth-order valence-corrected chi connectivity index (χ4v) is 5.43. The van der Waals surface area contributed by atoms with Crippen LogP contribution >= 0.6 is 12.2 Å². The first-order chi connectivity index (χ1) is 14.1. The van der Waals surface area contributed by atoms with E-state index in [1.165, 1.54) is 32.1 Å². The average molecular weight is 417 g/mol. The molecule has 1 aliphatic carbocycles. The van der Waals surface area contributed by atoms with Crippen LogP contribution in [-0.4, -0.2) is 46.2 Å². The van der Waals surface area contributed by atoms with E-state index in [4.69, 9.17) is 12.2 Å². The van der Waals surface area contributed by atoms with Crippen LogP contribution in [0.2, 0.25) is 0 Å². The lowest BCUT2D eigenvalue weighted by Gasteiger charge is -2.43. The third-order valence-corrected chi connectivity index (χ3v) is 7.04. The van der Waals surface area contributed by atoms with Gasteiger partial charge in [-0.25, -0.2) is 0 Å². The number of fused-ring (bicyclic) bond motifs is 4. The van der Waals surface area contributed by atoms with Crippen LogP contribution in [0.25, 0.3) is 0 Å². The quantitative estimate of drug-likeness (QED) is 0.741. The highest BCUT2D eigenvalue weighted by Gasteiger charge is 2.35. The number of rotatable bonds is 3. The molecule has 0 aromatic carbocycles. The highest BCUT2D eigenvalue weighted by atomic mass is 32.1. The zero-order valence-corrected chi connectivity index (χ0v) is 17.9. The molecule has 3 aliphatic rings. The predicted octanol–water partition coefficient (Wildman–Crippen LogP) is 2.37. The third kappa shape index (κ3) is 5.00. The molecule has 3 heterocycles. The second kappa shape index (κ2) is 9.28. The maximum absolute atomic E-state index is 12.4. The molecule has 1 amide bonds. The topological polar surface area (TPSA) is 66.4 Å². The molecule has 0 unspecified atom stereocenters. The number of amides is 1. The number of nitrogens with zero attached hydrogens (tertiary/aromatic N) is 2. The maximum atomic E-state index is 12.4. The first kappa shape index (κ1) is 20.4. The Morgan fingerprint density at radius 1 is 1.07 bits per heavy atom. The zero-order chi connectivity index (χ0) is 20.2. The Morgan fingerprint density at radius 2 is 1.83 bits per heavy atom. The number of nitrogens with one attached hydrogen (secondary N) is 2. The minimum Gasteiger partial charge on any atom is -0.354 e. The summed E-state index contributed by atoms with van der Waals surface area (Å²) in [4.78, 5) is 26.7. The van der Waals surface area contributed by atoms with Crippen molar-refractivity contribution in [3.8, 4) is 0 Å². The van der Waals surface area contributed by atoms with Crippen molar-refractivity contribution in [2.45, 2.75) is 69.9 Å². The van der Waals surface area contributed by atoms with Gasteiger partial charge < -0.3 is 20.1 Å². The fraction of sp³-hybridized carbons (Fsp3) is 0.682. The highest BCUT2D eigenvalue weighted by molar-refractivity contribution is 7.80. The molecule has 2 aliphatic heterocycles. The number of aromatic nitrogens is 1. The van der Waals surface area contributed by atoms with E-state index in [-0.39, 0.29) is 18.0 Å². The van der Waals surface area contributed by atoms with Crippen molar-refractivity contribution >= 4 is 23.2 Å². The van der Waals surface area contributed by atoms with Gasteiger partial charge in [0.05, 0.1) is 6.54 Å². The lowest BCUT2D eigenvalue weighted by atomic mass is 9.83. The second-order valence-electron chi connectivity index (χ2n) is 8.87. The third-order valence-electron chi connectivity index (χ3n) is 6.64. The molecular weight excluding hydrogens is 384 g/mol. The molecule has 1 aromatic rings. The van der Waals surface area contributed by atoms with E-state index in [1.807, 2.05) is 10.6 Å². The predicted molar refractivity (Wildman–Crippen MR) is 118 cm³/mol. The van der Waals surface area contributed by atoms with Gasteiger partial charge in [0.25, 0.3) is 5.56 Å². The summed E-state index contributed by atoms with van der Waals surface area (Å²) in [6, 6.07) is 5.86. The van der Waals surface area contributed by atoms with Gasteiger partial charge in [0.1, 0.15) is 0 Å². The van der Waals surface area contributed by atoms with Gasteiger partial charge >= 0.3 is 0 Å². The summed E-state index contributed by atoms with van der Waals surface area (Å²) in [6.07, 6.45) is 9.57. The molecule has 2 N–H and O–H groups in total. The van der Waals surface area contributed by atoms with Crippen LogP contribution in [0.1, 0.15) is 63.0 Å². The minimum atomic E-state index is 0.0343. The summed E-state index contributed by atoms with van der Waals surface area (Å²) in [5.41, 5.74) is 1.21. The summed E-state index contributed by atoms with van der Waals surface area (Å²) in [5.74, 6) is 0.775. The monoisotopic (exact) mass is 416 g/mol. The Morgan fingerprint density at radius 3 is 2.62 bits per heavy atom. The lowest BCUT2D eigenvalue weighted by molar-refractivity contribution is -0.120.